The van der Waals surface area contributed by atoms with E-state index in [0.29, 0.717) is 24.0 Å². The molecule has 0 bridgehead atoms. The molecule has 2 aliphatic heterocycles. The minimum absolute atomic E-state index is 0.252. The van der Waals surface area contributed by atoms with Crippen LogP contribution in [-0.2, 0) is 0 Å². The van der Waals surface area contributed by atoms with Crippen LogP contribution in [0.3, 0.4) is 0 Å². The van der Waals surface area contributed by atoms with Crippen LogP contribution in [0, 0.1) is 5.92 Å². The van der Waals surface area contributed by atoms with Gasteiger partial charge in [0.15, 0.2) is 0 Å². The Hall–Kier alpha value is -0.770. The first kappa shape index (κ1) is 15.6. The van der Waals surface area contributed by atoms with Gasteiger partial charge in [0, 0.05) is 25.2 Å². The average Bonchev–Trinajstić information content (AvgIpc) is 2.95. The summed E-state index contributed by atoms with van der Waals surface area (Å²) in [6, 6.07) is 1.50. The molecule has 4 heteroatoms. The van der Waals surface area contributed by atoms with Gasteiger partial charge in [-0.25, -0.2) is 4.79 Å². The summed E-state index contributed by atoms with van der Waals surface area (Å²) in [5, 5.41) is 0. The number of urea groups is 1. The lowest BCUT2D eigenvalue weighted by atomic mass is 10.0. The molecule has 116 valence electrons. The number of carbonyl (C=O) groups excluding carboxylic acids is 1. The van der Waals surface area contributed by atoms with Crippen LogP contribution in [0.4, 0.5) is 4.79 Å². The standard InChI is InChI=1S/C16H31N3O/c1-6-17-9-7-8-14(17)10-18-11-15(12(2)3)19(13(4)5)16(18)20/h12-15H,6-11H2,1-5H3. The van der Waals surface area contributed by atoms with E-state index in [0.717, 1.165) is 19.6 Å². The number of amides is 2. The smallest absolute Gasteiger partial charge is 0.320 e. The van der Waals surface area contributed by atoms with Crippen LogP contribution in [-0.4, -0.2) is 65.0 Å². The maximum absolute atomic E-state index is 12.7. The molecule has 4 nitrogen and oxygen atoms in total. The predicted octanol–water partition coefficient (Wildman–Crippen LogP) is 2.64. The summed E-state index contributed by atoms with van der Waals surface area (Å²) >= 11 is 0. The number of hydrogen-bond acceptors (Lipinski definition) is 2. The van der Waals surface area contributed by atoms with E-state index in [1.54, 1.807) is 0 Å². The lowest BCUT2D eigenvalue weighted by Gasteiger charge is -2.30. The highest BCUT2D eigenvalue weighted by Crippen LogP contribution is 2.26. The lowest BCUT2D eigenvalue weighted by molar-refractivity contribution is 0.156. The topological polar surface area (TPSA) is 26.8 Å². The Balaban J connectivity index is 2.04. The fraction of sp³-hybridized carbons (Fsp3) is 0.938. The number of nitrogens with zero attached hydrogens (tertiary/aromatic N) is 3. The molecule has 0 saturated carbocycles. The molecular formula is C16H31N3O. The van der Waals surface area contributed by atoms with E-state index in [-0.39, 0.29) is 6.03 Å². The molecule has 2 heterocycles. The van der Waals surface area contributed by atoms with Gasteiger partial charge in [-0.1, -0.05) is 20.8 Å². The Kier molecular flexibility index (Phi) is 4.95. The molecular weight excluding hydrogens is 250 g/mol. The zero-order valence-electron chi connectivity index (χ0n) is 13.8. The number of likely N-dealkylation sites (N-methyl/N-ethyl adjacent to an activating group) is 1. The van der Waals surface area contributed by atoms with Crippen LogP contribution in [0.5, 0.6) is 0 Å². The summed E-state index contributed by atoms with van der Waals surface area (Å²) < 4.78 is 0. The minimum Gasteiger partial charge on any atom is -0.321 e. The predicted molar refractivity (Wildman–Crippen MR) is 82.8 cm³/mol. The van der Waals surface area contributed by atoms with Gasteiger partial charge >= 0.3 is 6.03 Å². The monoisotopic (exact) mass is 281 g/mol. The molecule has 2 rings (SSSR count). The van der Waals surface area contributed by atoms with Gasteiger partial charge < -0.3 is 9.80 Å². The van der Waals surface area contributed by atoms with Crippen LogP contribution in [0.25, 0.3) is 0 Å². The van der Waals surface area contributed by atoms with Crippen molar-refractivity contribution in [2.24, 2.45) is 5.92 Å². The Morgan fingerprint density at radius 1 is 1.25 bits per heavy atom. The molecule has 0 aliphatic carbocycles. The van der Waals surface area contributed by atoms with Crippen molar-refractivity contribution in [3.63, 3.8) is 0 Å². The third kappa shape index (κ3) is 2.95. The van der Waals surface area contributed by atoms with Gasteiger partial charge in [-0.05, 0) is 45.7 Å². The summed E-state index contributed by atoms with van der Waals surface area (Å²) in [4.78, 5) is 19.4. The third-order valence-electron chi connectivity index (χ3n) is 4.92. The molecule has 2 saturated heterocycles. The van der Waals surface area contributed by atoms with Crippen LogP contribution in [0.15, 0.2) is 0 Å². The van der Waals surface area contributed by atoms with Crippen molar-refractivity contribution in [2.45, 2.75) is 65.6 Å². The average molecular weight is 281 g/mol. The number of likely N-dealkylation sites (tertiary alicyclic amines) is 1. The van der Waals surface area contributed by atoms with Crippen molar-refractivity contribution in [1.82, 2.24) is 14.7 Å². The van der Waals surface area contributed by atoms with E-state index >= 15 is 0 Å². The van der Waals surface area contributed by atoms with E-state index in [1.165, 1.54) is 19.4 Å². The van der Waals surface area contributed by atoms with Crippen LogP contribution in [0.1, 0.15) is 47.5 Å². The highest BCUT2D eigenvalue weighted by atomic mass is 16.2. The van der Waals surface area contributed by atoms with Gasteiger partial charge in [-0.15, -0.1) is 0 Å². The van der Waals surface area contributed by atoms with E-state index in [9.17, 15) is 4.79 Å². The van der Waals surface area contributed by atoms with Crippen molar-refractivity contribution in [2.75, 3.05) is 26.2 Å². The fourth-order valence-electron chi connectivity index (χ4n) is 3.76. The minimum atomic E-state index is 0.252. The van der Waals surface area contributed by atoms with E-state index < -0.39 is 0 Å². The summed E-state index contributed by atoms with van der Waals surface area (Å²) in [5.41, 5.74) is 0. The Morgan fingerprint density at radius 2 is 1.95 bits per heavy atom. The SMILES string of the molecule is CCN1CCCC1CN1CC(C(C)C)N(C(C)C)C1=O. The summed E-state index contributed by atoms with van der Waals surface area (Å²) in [7, 11) is 0. The van der Waals surface area contributed by atoms with Crippen molar-refractivity contribution in [3.05, 3.63) is 0 Å². The Labute approximate surface area is 124 Å². The summed E-state index contributed by atoms with van der Waals surface area (Å²) in [5.74, 6) is 0.525. The zero-order chi connectivity index (χ0) is 14.9. The molecule has 20 heavy (non-hydrogen) atoms. The molecule has 2 aliphatic rings. The van der Waals surface area contributed by atoms with Gasteiger partial charge in [0.25, 0.3) is 0 Å². The highest BCUT2D eigenvalue weighted by Gasteiger charge is 2.41. The first-order chi connectivity index (χ1) is 9.45. The molecule has 0 spiro atoms. The molecule has 0 aromatic carbocycles. The van der Waals surface area contributed by atoms with Gasteiger partial charge in [0.05, 0.1) is 6.04 Å². The van der Waals surface area contributed by atoms with Crippen LogP contribution < -0.4 is 0 Å². The fourth-order valence-corrected chi connectivity index (χ4v) is 3.76. The lowest BCUT2D eigenvalue weighted by Crippen LogP contribution is -2.44. The summed E-state index contributed by atoms with van der Waals surface area (Å²) in [6.45, 7) is 15.1. The van der Waals surface area contributed by atoms with Crippen LogP contribution >= 0.6 is 0 Å². The largest absolute Gasteiger partial charge is 0.321 e. The molecule has 0 aromatic rings. The molecule has 0 N–H and O–H groups in total. The van der Waals surface area contributed by atoms with Crippen molar-refractivity contribution < 1.29 is 4.79 Å². The maximum atomic E-state index is 12.7. The van der Waals surface area contributed by atoms with Gasteiger partial charge in [-0.3, -0.25) is 4.90 Å². The van der Waals surface area contributed by atoms with E-state index in [4.69, 9.17) is 0 Å². The molecule has 0 aromatic heterocycles. The van der Waals surface area contributed by atoms with Gasteiger partial charge in [-0.2, -0.15) is 0 Å². The van der Waals surface area contributed by atoms with E-state index in [1.807, 2.05) is 0 Å². The number of rotatable bonds is 5. The molecule has 2 unspecified atom stereocenters. The normalized spacial score (nSPS) is 28.4. The molecule has 2 fully saturated rings. The quantitative estimate of drug-likeness (QED) is 0.774. The van der Waals surface area contributed by atoms with Crippen molar-refractivity contribution >= 4 is 6.03 Å². The van der Waals surface area contributed by atoms with Gasteiger partial charge in [0.2, 0.25) is 0 Å². The molecule has 0 radical (unpaired) electrons. The highest BCUT2D eigenvalue weighted by molar-refractivity contribution is 5.77. The second kappa shape index (κ2) is 6.33. The second-order valence-electron chi connectivity index (χ2n) is 6.92. The Morgan fingerprint density at radius 3 is 2.45 bits per heavy atom. The third-order valence-corrected chi connectivity index (χ3v) is 4.92. The summed E-state index contributed by atoms with van der Waals surface area (Å²) in [6.07, 6.45) is 2.52. The molecule has 2 amide bonds. The second-order valence-corrected chi connectivity index (χ2v) is 6.92. The first-order valence-electron chi connectivity index (χ1n) is 8.27. The maximum Gasteiger partial charge on any atom is 0.320 e. The number of carbonyl (C=O) groups is 1. The van der Waals surface area contributed by atoms with Crippen LogP contribution in [0.2, 0.25) is 0 Å². The zero-order valence-corrected chi connectivity index (χ0v) is 13.8. The first-order valence-corrected chi connectivity index (χ1v) is 8.27. The van der Waals surface area contributed by atoms with Gasteiger partial charge in [0.1, 0.15) is 0 Å². The van der Waals surface area contributed by atoms with E-state index in [2.05, 4.69) is 49.3 Å². The Bertz CT molecular complexity index is 343. The number of hydrogen-bond donors (Lipinski definition) is 0. The van der Waals surface area contributed by atoms with Crippen molar-refractivity contribution in [1.29, 1.82) is 0 Å². The molecule has 2 atom stereocenters. The van der Waals surface area contributed by atoms with Crippen molar-refractivity contribution in [3.8, 4) is 0 Å².